The fourth-order valence-electron chi connectivity index (χ4n) is 3.01. The molecule has 1 aliphatic heterocycles. The van der Waals surface area contributed by atoms with Crippen LogP contribution in [0.5, 0.6) is 11.5 Å². The molecule has 0 fully saturated rings. The lowest BCUT2D eigenvalue weighted by Gasteiger charge is -2.19. The maximum absolute atomic E-state index is 12.4. The number of carbonyl (C=O) groups is 3. The zero-order valence-electron chi connectivity index (χ0n) is 17.2. The number of hydrogen-bond acceptors (Lipinski definition) is 7. The zero-order chi connectivity index (χ0) is 22.5. The molecule has 9 heteroatoms. The predicted molar refractivity (Wildman–Crippen MR) is 114 cm³/mol. The van der Waals surface area contributed by atoms with Gasteiger partial charge in [-0.3, -0.25) is 9.59 Å². The van der Waals surface area contributed by atoms with Crippen molar-refractivity contribution in [2.75, 3.05) is 30.5 Å². The van der Waals surface area contributed by atoms with Crippen molar-refractivity contribution in [1.82, 2.24) is 0 Å². The third-order valence-corrected chi connectivity index (χ3v) is 4.63. The molecule has 2 amide bonds. The Morgan fingerprint density at radius 3 is 2.56 bits per heavy atom. The second kappa shape index (κ2) is 9.25. The molecule has 0 saturated carbocycles. The number of anilines is 2. The molecule has 0 atom stereocenters. The third-order valence-electron chi connectivity index (χ3n) is 4.63. The van der Waals surface area contributed by atoms with Crippen molar-refractivity contribution < 1.29 is 33.0 Å². The lowest BCUT2D eigenvalue weighted by molar-refractivity contribution is -0.119. The van der Waals surface area contributed by atoms with Crippen molar-refractivity contribution in [1.29, 1.82) is 0 Å². The second-order valence-corrected chi connectivity index (χ2v) is 6.94. The summed E-state index contributed by atoms with van der Waals surface area (Å²) in [7, 11) is 0. The van der Waals surface area contributed by atoms with Gasteiger partial charge in [0.2, 0.25) is 0 Å². The Bertz CT molecular complexity index is 1160. The molecule has 9 nitrogen and oxygen atoms in total. The van der Waals surface area contributed by atoms with Gasteiger partial charge in [-0.1, -0.05) is 6.07 Å². The summed E-state index contributed by atoms with van der Waals surface area (Å²) in [4.78, 5) is 36.8. The van der Waals surface area contributed by atoms with Gasteiger partial charge in [-0.05, 0) is 48.9 Å². The van der Waals surface area contributed by atoms with Crippen LogP contribution in [0, 0.1) is 6.92 Å². The predicted octanol–water partition coefficient (Wildman–Crippen LogP) is 3.41. The topological polar surface area (TPSA) is 116 Å². The average molecular weight is 436 g/mol. The first-order valence-electron chi connectivity index (χ1n) is 9.82. The normalized spacial score (nSPS) is 12.0. The number of carbonyl (C=O) groups excluding carboxylic acids is 3. The van der Waals surface area contributed by atoms with Crippen LogP contribution in [-0.2, 0) is 9.53 Å². The second-order valence-electron chi connectivity index (χ2n) is 6.94. The smallest absolute Gasteiger partial charge is 0.338 e. The summed E-state index contributed by atoms with van der Waals surface area (Å²) in [5.41, 5.74) is 1.87. The molecule has 0 bridgehead atoms. The molecule has 0 saturated heterocycles. The number of benzene rings is 2. The van der Waals surface area contributed by atoms with E-state index in [1.807, 2.05) is 0 Å². The van der Waals surface area contributed by atoms with Crippen LogP contribution in [-0.4, -0.2) is 37.6 Å². The lowest BCUT2D eigenvalue weighted by Crippen LogP contribution is -2.21. The quantitative estimate of drug-likeness (QED) is 0.569. The molecule has 1 aromatic heterocycles. The van der Waals surface area contributed by atoms with Crippen molar-refractivity contribution >= 4 is 29.2 Å². The van der Waals surface area contributed by atoms with Crippen molar-refractivity contribution in [2.24, 2.45) is 0 Å². The fourth-order valence-corrected chi connectivity index (χ4v) is 3.01. The number of amides is 2. The number of hydrogen-bond donors (Lipinski definition) is 2. The first-order chi connectivity index (χ1) is 15.5. The lowest BCUT2D eigenvalue weighted by atomic mass is 10.1. The minimum atomic E-state index is -0.698. The molecular weight excluding hydrogens is 416 g/mol. The SMILES string of the molecule is Cc1ccc(C(=O)OCC(=O)Nc2ccc3c(c2)OCCO3)cc1NC(=O)c1ccco1. The van der Waals surface area contributed by atoms with Gasteiger partial charge >= 0.3 is 5.97 Å². The first-order valence-corrected chi connectivity index (χ1v) is 9.82. The van der Waals surface area contributed by atoms with Crippen LogP contribution < -0.4 is 20.1 Å². The van der Waals surface area contributed by atoms with Gasteiger partial charge in [-0.2, -0.15) is 0 Å². The summed E-state index contributed by atoms with van der Waals surface area (Å²) >= 11 is 0. The number of fused-ring (bicyclic) bond motifs is 1. The van der Waals surface area contributed by atoms with E-state index in [1.54, 1.807) is 43.3 Å². The van der Waals surface area contributed by atoms with E-state index in [1.165, 1.54) is 18.4 Å². The molecule has 1 aliphatic rings. The van der Waals surface area contributed by atoms with Crippen LogP contribution in [0.15, 0.2) is 59.2 Å². The Hall–Kier alpha value is -4.27. The van der Waals surface area contributed by atoms with E-state index in [9.17, 15) is 14.4 Å². The number of nitrogens with one attached hydrogen (secondary N) is 2. The molecule has 2 aromatic carbocycles. The summed E-state index contributed by atoms with van der Waals surface area (Å²) in [5, 5.41) is 5.33. The van der Waals surface area contributed by atoms with E-state index < -0.39 is 24.4 Å². The highest BCUT2D eigenvalue weighted by Gasteiger charge is 2.16. The van der Waals surface area contributed by atoms with E-state index in [2.05, 4.69) is 10.6 Å². The van der Waals surface area contributed by atoms with Crippen LogP contribution in [0.25, 0.3) is 0 Å². The van der Waals surface area contributed by atoms with Crippen molar-refractivity contribution in [3.8, 4) is 11.5 Å². The van der Waals surface area contributed by atoms with Crippen LogP contribution >= 0.6 is 0 Å². The summed E-state index contributed by atoms with van der Waals surface area (Å²) in [6, 6.07) is 12.8. The molecule has 0 unspecified atom stereocenters. The molecule has 164 valence electrons. The molecule has 0 aliphatic carbocycles. The van der Waals surface area contributed by atoms with Crippen LogP contribution in [0.1, 0.15) is 26.5 Å². The fraction of sp³-hybridized carbons (Fsp3) is 0.174. The van der Waals surface area contributed by atoms with Crippen molar-refractivity contribution in [2.45, 2.75) is 6.92 Å². The number of rotatable bonds is 6. The molecule has 0 spiro atoms. The van der Waals surface area contributed by atoms with E-state index in [0.29, 0.717) is 36.1 Å². The molecule has 32 heavy (non-hydrogen) atoms. The summed E-state index contributed by atoms with van der Waals surface area (Å²) in [6.07, 6.45) is 1.39. The minimum absolute atomic E-state index is 0.146. The van der Waals surface area contributed by atoms with Gasteiger partial charge in [0.15, 0.2) is 23.9 Å². The van der Waals surface area contributed by atoms with E-state index in [0.717, 1.165) is 5.56 Å². The van der Waals surface area contributed by atoms with Gasteiger partial charge in [0.05, 0.1) is 11.8 Å². The molecular formula is C23H20N2O7. The average Bonchev–Trinajstić information content (AvgIpc) is 3.34. The van der Waals surface area contributed by atoms with Gasteiger partial charge in [-0.15, -0.1) is 0 Å². The highest BCUT2D eigenvalue weighted by atomic mass is 16.6. The zero-order valence-corrected chi connectivity index (χ0v) is 17.2. The van der Waals surface area contributed by atoms with Crippen molar-refractivity contribution in [3.63, 3.8) is 0 Å². The number of aryl methyl sites for hydroxylation is 1. The van der Waals surface area contributed by atoms with Crippen LogP contribution in [0.2, 0.25) is 0 Å². The maximum Gasteiger partial charge on any atom is 0.338 e. The van der Waals surface area contributed by atoms with Gasteiger partial charge in [-0.25, -0.2) is 4.79 Å². The molecule has 3 aromatic rings. The highest BCUT2D eigenvalue weighted by molar-refractivity contribution is 6.03. The Kier molecular flexibility index (Phi) is 6.07. The van der Waals surface area contributed by atoms with Gasteiger partial charge in [0.1, 0.15) is 13.2 Å². The first kappa shape index (κ1) is 21.0. The number of esters is 1. The highest BCUT2D eigenvalue weighted by Crippen LogP contribution is 2.32. The number of ether oxygens (including phenoxy) is 3. The Morgan fingerprint density at radius 1 is 0.969 bits per heavy atom. The van der Waals surface area contributed by atoms with Crippen LogP contribution in [0.3, 0.4) is 0 Å². The molecule has 4 rings (SSSR count). The maximum atomic E-state index is 12.4. The molecule has 0 radical (unpaired) electrons. The van der Waals surface area contributed by atoms with Gasteiger partial charge < -0.3 is 29.3 Å². The monoisotopic (exact) mass is 436 g/mol. The van der Waals surface area contributed by atoms with E-state index >= 15 is 0 Å². The summed E-state index contributed by atoms with van der Waals surface area (Å²) < 4.78 is 21.1. The standard InChI is InChI=1S/C23H20N2O7/c1-14-4-5-15(11-17(14)25-22(27)19-3-2-8-29-19)23(28)32-13-21(26)24-16-6-7-18-20(12-16)31-10-9-30-18/h2-8,11-12H,9-10,13H2,1H3,(H,24,26)(H,25,27). The Balaban J connectivity index is 1.34. The van der Waals surface area contributed by atoms with Crippen molar-refractivity contribution in [3.05, 3.63) is 71.7 Å². The summed E-state index contributed by atoms with van der Waals surface area (Å²) in [5.74, 6) is -0.357. The summed E-state index contributed by atoms with van der Waals surface area (Å²) in [6.45, 7) is 2.22. The largest absolute Gasteiger partial charge is 0.486 e. The third kappa shape index (κ3) is 4.89. The minimum Gasteiger partial charge on any atom is -0.486 e. The molecule has 2 N–H and O–H groups in total. The van der Waals surface area contributed by atoms with Gasteiger partial charge in [0.25, 0.3) is 11.8 Å². The van der Waals surface area contributed by atoms with E-state index in [4.69, 9.17) is 18.6 Å². The van der Waals surface area contributed by atoms with E-state index in [-0.39, 0.29) is 11.3 Å². The van der Waals surface area contributed by atoms with Crippen LogP contribution in [0.4, 0.5) is 11.4 Å². The van der Waals surface area contributed by atoms with Gasteiger partial charge in [0, 0.05) is 17.4 Å². The Labute approximate surface area is 183 Å². The Morgan fingerprint density at radius 2 is 1.78 bits per heavy atom. The number of furan rings is 1. The molecule has 2 heterocycles.